The van der Waals surface area contributed by atoms with Crippen LogP contribution in [0.1, 0.15) is 42.0 Å². The second-order valence-electron chi connectivity index (χ2n) is 4.25. The van der Waals surface area contributed by atoms with E-state index in [9.17, 15) is 9.59 Å². The predicted octanol–water partition coefficient (Wildman–Crippen LogP) is 0.802. The van der Waals surface area contributed by atoms with Crippen molar-refractivity contribution in [1.82, 2.24) is 14.7 Å². The van der Waals surface area contributed by atoms with E-state index in [0.29, 0.717) is 5.69 Å². The lowest BCUT2D eigenvalue weighted by Crippen LogP contribution is -2.28. The molecule has 17 heavy (non-hydrogen) atoms. The number of carboxylic acid groups (broad SMARTS) is 1. The summed E-state index contributed by atoms with van der Waals surface area (Å²) >= 11 is 0. The van der Waals surface area contributed by atoms with E-state index in [1.54, 1.807) is 18.0 Å². The minimum atomic E-state index is -1.00. The second kappa shape index (κ2) is 4.20. The van der Waals surface area contributed by atoms with Gasteiger partial charge in [-0.15, -0.1) is 0 Å². The van der Waals surface area contributed by atoms with Crippen molar-refractivity contribution in [1.29, 1.82) is 0 Å². The number of aryl methyl sites for hydroxylation is 1. The molecular formula is C11H15N3O3. The zero-order valence-electron chi connectivity index (χ0n) is 9.88. The van der Waals surface area contributed by atoms with E-state index in [0.717, 1.165) is 19.4 Å². The van der Waals surface area contributed by atoms with Gasteiger partial charge in [0.25, 0.3) is 0 Å². The number of carbonyl (C=O) groups is 2. The number of likely N-dealkylation sites (tertiary alicyclic amines) is 1. The Kier molecular flexibility index (Phi) is 2.87. The zero-order valence-corrected chi connectivity index (χ0v) is 9.88. The predicted molar refractivity (Wildman–Crippen MR) is 59.5 cm³/mol. The van der Waals surface area contributed by atoms with Gasteiger partial charge in [-0.3, -0.25) is 9.48 Å². The van der Waals surface area contributed by atoms with Gasteiger partial charge in [-0.25, -0.2) is 4.79 Å². The fraction of sp³-hybridized carbons (Fsp3) is 0.545. The van der Waals surface area contributed by atoms with Gasteiger partial charge in [-0.1, -0.05) is 0 Å². The van der Waals surface area contributed by atoms with Gasteiger partial charge in [0.1, 0.15) is 5.69 Å². The minimum absolute atomic E-state index is 0.00929. The summed E-state index contributed by atoms with van der Waals surface area (Å²) in [6.45, 7) is 2.25. The molecule has 1 N–H and O–H groups in total. The molecule has 0 bridgehead atoms. The first-order valence-corrected chi connectivity index (χ1v) is 5.55. The van der Waals surface area contributed by atoms with Gasteiger partial charge in [-0.2, -0.15) is 5.10 Å². The van der Waals surface area contributed by atoms with Crippen molar-refractivity contribution in [2.75, 3.05) is 6.54 Å². The molecule has 6 heteroatoms. The van der Waals surface area contributed by atoms with Crippen molar-refractivity contribution in [2.24, 2.45) is 7.05 Å². The molecule has 1 amide bonds. The number of hydrogen-bond donors (Lipinski definition) is 1. The normalized spacial score (nSPS) is 19.6. The van der Waals surface area contributed by atoms with E-state index in [1.165, 1.54) is 11.6 Å². The van der Waals surface area contributed by atoms with Crippen LogP contribution in [-0.2, 0) is 11.8 Å². The summed E-state index contributed by atoms with van der Waals surface area (Å²) in [5, 5.41) is 13.1. The molecule has 0 spiro atoms. The van der Waals surface area contributed by atoms with Crippen molar-refractivity contribution in [3.8, 4) is 0 Å². The molecule has 2 heterocycles. The third kappa shape index (κ3) is 2.02. The number of carboxylic acids is 1. The number of nitrogens with zero attached hydrogens (tertiary/aromatic N) is 3. The molecule has 0 aliphatic carbocycles. The van der Waals surface area contributed by atoms with Crippen LogP contribution in [0, 0.1) is 0 Å². The van der Waals surface area contributed by atoms with E-state index in [2.05, 4.69) is 5.10 Å². The van der Waals surface area contributed by atoms with Crippen LogP contribution >= 0.6 is 0 Å². The molecule has 1 saturated heterocycles. The van der Waals surface area contributed by atoms with Crippen molar-refractivity contribution in [3.05, 3.63) is 17.5 Å². The maximum Gasteiger partial charge on any atom is 0.354 e. The Hall–Kier alpha value is -1.85. The Morgan fingerprint density at radius 2 is 2.24 bits per heavy atom. The molecule has 92 valence electrons. The van der Waals surface area contributed by atoms with Crippen LogP contribution in [0.2, 0.25) is 0 Å². The summed E-state index contributed by atoms with van der Waals surface area (Å²) in [7, 11) is 1.60. The lowest BCUT2D eigenvalue weighted by atomic mass is 10.1. The van der Waals surface area contributed by atoms with E-state index in [-0.39, 0.29) is 17.6 Å². The fourth-order valence-electron chi connectivity index (χ4n) is 2.30. The number of hydrogen-bond acceptors (Lipinski definition) is 3. The number of amides is 1. The maximum absolute atomic E-state index is 11.4. The molecule has 1 aromatic heterocycles. The minimum Gasteiger partial charge on any atom is -0.477 e. The van der Waals surface area contributed by atoms with Crippen molar-refractivity contribution >= 4 is 11.9 Å². The van der Waals surface area contributed by atoms with Gasteiger partial charge >= 0.3 is 5.97 Å². The van der Waals surface area contributed by atoms with E-state index in [4.69, 9.17) is 5.11 Å². The maximum atomic E-state index is 11.4. The zero-order chi connectivity index (χ0) is 12.6. The summed E-state index contributed by atoms with van der Waals surface area (Å²) in [4.78, 5) is 24.1. The quantitative estimate of drug-likeness (QED) is 0.825. The Bertz CT molecular complexity index is 467. The first-order chi connectivity index (χ1) is 8.00. The highest BCUT2D eigenvalue weighted by Crippen LogP contribution is 2.31. The Balaban J connectivity index is 2.31. The second-order valence-corrected chi connectivity index (χ2v) is 4.25. The molecule has 1 aromatic rings. The molecular weight excluding hydrogens is 222 g/mol. The molecule has 1 fully saturated rings. The molecule has 1 atom stereocenters. The Labute approximate surface area is 98.8 Å². The van der Waals surface area contributed by atoms with Gasteiger partial charge in [-0.05, 0) is 18.9 Å². The van der Waals surface area contributed by atoms with E-state index in [1.807, 2.05) is 0 Å². The first-order valence-electron chi connectivity index (χ1n) is 5.55. The van der Waals surface area contributed by atoms with Crippen LogP contribution in [-0.4, -0.2) is 38.2 Å². The van der Waals surface area contributed by atoms with Crippen molar-refractivity contribution < 1.29 is 14.7 Å². The Morgan fingerprint density at radius 1 is 1.53 bits per heavy atom. The molecule has 0 radical (unpaired) electrons. The van der Waals surface area contributed by atoms with Crippen LogP contribution in [0.3, 0.4) is 0 Å². The topological polar surface area (TPSA) is 75.4 Å². The summed E-state index contributed by atoms with van der Waals surface area (Å²) in [6, 6.07) is 1.47. The average molecular weight is 237 g/mol. The lowest BCUT2D eigenvalue weighted by molar-refractivity contribution is -0.129. The average Bonchev–Trinajstić information content (AvgIpc) is 2.82. The Morgan fingerprint density at radius 3 is 2.76 bits per heavy atom. The van der Waals surface area contributed by atoms with Gasteiger partial charge in [0.05, 0.1) is 11.7 Å². The van der Waals surface area contributed by atoms with Crippen LogP contribution in [0.4, 0.5) is 0 Å². The van der Waals surface area contributed by atoms with Crippen molar-refractivity contribution in [2.45, 2.75) is 25.8 Å². The summed E-state index contributed by atoms with van der Waals surface area (Å²) in [5.41, 5.74) is 0.813. The summed E-state index contributed by atoms with van der Waals surface area (Å²) in [5.74, 6) is -0.992. The lowest BCUT2D eigenvalue weighted by Gasteiger charge is -2.21. The number of aromatic nitrogens is 2. The van der Waals surface area contributed by atoms with Crippen LogP contribution in [0.5, 0.6) is 0 Å². The van der Waals surface area contributed by atoms with Crippen LogP contribution in [0.15, 0.2) is 6.07 Å². The molecule has 6 nitrogen and oxygen atoms in total. The third-order valence-corrected chi connectivity index (χ3v) is 3.12. The first kappa shape index (κ1) is 11.6. The number of aromatic carboxylic acids is 1. The smallest absolute Gasteiger partial charge is 0.354 e. The van der Waals surface area contributed by atoms with Crippen LogP contribution in [0.25, 0.3) is 0 Å². The molecule has 0 aromatic carbocycles. The molecule has 2 rings (SSSR count). The standard InChI is InChI=1S/C11H15N3O3/c1-7(15)14-5-3-4-9(14)8-6-10(11(16)17)13(2)12-8/h6,9H,3-5H2,1-2H3,(H,16,17). The number of rotatable bonds is 2. The van der Waals surface area contributed by atoms with Gasteiger partial charge < -0.3 is 10.0 Å². The van der Waals surface area contributed by atoms with Gasteiger partial charge in [0.15, 0.2) is 0 Å². The van der Waals surface area contributed by atoms with Crippen LogP contribution < -0.4 is 0 Å². The highest BCUT2D eigenvalue weighted by atomic mass is 16.4. The monoisotopic (exact) mass is 237 g/mol. The van der Waals surface area contributed by atoms with Gasteiger partial charge in [0.2, 0.25) is 5.91 Å². The van der Waals surface area contributed by atoms with Crippen molar-refractivity contribution in [3.63, 3.8) is 0 Å². The largest absolute Gasteiger partial charge is 0.477 e. The summed E-state index contributed by atoms with van der Waals surface area (Å²) < 4.78 is 1.34. The highest BCUT2D eigenvalue weighted by molar-refractivity contribution is 5.85. The fourth-order valence-corrected chi connectivity index (χ4v) is 2.30. The third-order valence-electron chi connectivity index (χ3n) is 3.12. The SMILES string of the molecule is CC(=O)N1CCCC1c1cc(C(=O)O)n(C)n1. The molecule has 1 aliphatic rings. The molecule has 0 saturated carbocycles. The van der Waals surface area contributed by atoms with E-state index < -0.39 is 5.97 Å². The highest BCUT2D eigenvalue weighted by Gasteiger charge is 2.30. The van der Waals surface area contributed by atoms with Gasteiger partial charge in [0, 0.05) is 20.5 Å². The van der Waals surface area contributed by atoms with E-state index >= 15 is 0 Å². The number of carbonyl (C=O) groups excluding carboxylic acids is 1. The molecule has 1 aliphatic heterocycles. The molecule has 1 unspecified atom stereocenters. The summed E-state index contributed by atoms with van der Waals surface area (Å²) in [6.07, 6.45) is 1.78.